The maximum Gasteiger partial charge on any atom is 0.573 e. The lowest BCUT2D eigenvalue weighted by Gasteiger charge is -2.10. The Morgan fingerprint density at radius 3 is 2.25 bits per heavy atom. The molecule has 2 aromatic rings. The third-order valence-corrected chi connectivity index (χ3v) is 2.78. The molecule has 0 saturated heterocycles. The van der Waals surface area contributed by atoms with Gasteiger partial charge in [-0.2, -0.15) is 0 Å². The molecule has 0 bridgehead atoms. The summed E-state index contributed by atoms with van der Waals surface area (Å²) in [4.78, 5) is 4.07. The zero-order valence-corrected chi connectivity index (χ0v) is 11.8. The highest BCUT2D eigenvalue weighted by molar-refractivity contribution is 9.10. The standard InChI is InChI=1S/C13H9BrF3NO2/c1-8-6-11(14)12(18-7-8)19-9-2-4-10(5-3-9)20-13(15,16)17/h2-7H,1H3. The zero-order chi connectivity index (χ0) is 14.8. The van der Waals surface area contributed by atoms with Crippen molar-refractivity contribution in [2.45, 2.75) is 13.3 Å². The van der Waals surface area contributed by atoms with Gasteiger partial charge in [0.05, 0.1) is 4.47 Å². The van der Waals surface area contributed by atoms with E-state index in [1.54, 1.807) is 6.20 Å². The predicted octanol–water partition coefficient (Wildman–Crippen LogP) is 4.84. The van der Waals surface area contributed by atoms with Crippen molar-refractivity contribution in [3.8, 4) is 17.4 Å². The van der Waals surface area contributed by atoms with Crippen molar-refractivity contribution in [3.05, 3.63) is 46.6 Å². The largest absolute Gasteiger partial charge is 0.573 e. The van der Waals surface area contributed by atoms with Gasteiger partial charge in [0.2, 0.25) is 5.88 Å². The quantitative estimate of drug-likeness (QED) is 0.795. The molecular weight excluding hydrogens is 339 g/mol. The van der Waals surface area contributed by atoms with Gasteiger partial charge in [-0.1, -0.05) is 0 Å². The predicted molar refractivity (Wildman–Crippen MR) is 69.9 cm³/mol. The molecule has 2 rings (SSSR count). The average Bonchev–Trinajstić information content (AvgIpc) is 2.33. The number of pyridine rings is 1. The summed E-state index contributed by atoms with van der Waals surface area (Å²) >= 11 is 3.30. The van der Waals surface area contributed by atoms with Crippen LogP contribution in [0.1, 0.15) is 5.56 Å². The van der Waals surface area contributed by atoms with Gasteiger partial charge in [0.25, 0.3) is 0 Å². The Morgan fingerprint density at radius 1 is 1.10 bits per heavy atom. The van der Waals surface area contributed by atoms with Gasteiger partial charge in [-0.05, 0) is 58.7 Å². The summed E-state index contributed by atoms with van der Waals surface area (Å²) in [5.41, 5.74) is 0.957. The molecule has 3 nitrogen and oxygen atoms in total. The maximum atomic E-state index is 12.0. The zero-order valence-electron chi connectivity index (χ0n) is 10.2. The summed E-state index contributed by atoms with van der Waals surface area (Å²) in [7, 11) is 0. The highest BCUT2D eigenvalue weighted by Crippen LogP contribution is 2.30. The molecule has 1 aromatic carbocycles. The minimum absolute atomic E-state index is 0.305. The fourth-order valence-corrected chi connectivity index (χ4v) is 1.96. The Balaban J connectivity index is 2.11. The van der Waals surface area contributed by atoms with E-state index in [0.717, 1.165) is 5.56 Å². The summed E-state index contributed by atoms with van der Waals surface area (Å²) in [6.45, 7) is 1.88. The van der Waals surface area contributed by atoms with Gasteiger partial charge >= 0.3 is 6.36 Å². The van der Waals surface area contributed by atoms with Crippen LogP contribution in [-0.2, 0) is 0 Å². The lowest BCUT2D eigenvalue weighted by atomic mass is 10.3. The van der Waals surface area contributed by atoms with Crippen molar-refractivity contribution in [3.63, 3.8) is 0 Å². The Hall–Kier alpha value is -1.76. The van der Waals surface area contributed by atoms with Crippen LogP contribution in [0.4, 0.5) is 13.2 Å². The van der Waals surface area contributed by atoms with Crippen LogP contribution < -0.4 is 9.47 Å². The van der Waals surface area contributed by atoms with Crippen LogP contribution in [0, 0.1) is 6.92 Å². The monoisotopic (exact) mass is 347 g/mol. The number of halogens is 4. The van der Waals surface area contributed by atoms with E-state index in [1.807, 2.05) is 13.0 Å². The molecule has 0 fully saturated rings. The van der Waals surface area contributed by atoms with Crippen LogP contribution in [0.5, 0.6) is 17.4 Å². The Bertz CT molecular complexity index is 600. The highest BCUT2D eigenvalue weighted by atomic mass is 79.9. The summed E-state index contributed by atoms with van der Waals surface area (Å²) in [6, 6.07) is 6.91. The van der Waals surface area contributed by atoms with Gasteiger partial charge in [0.15, 0.2) is 0 Å². The number of aryl methyl sites for hydroxylation is 1. The van der Waals surface area contributed by atoms with Crippen LogP contribution in [0.15, 0.2) is 41.0 Å². The number of alkyl halides is 3. The normalized spacial score (nSPS) is 11.2. The van der Waals surface area contributed by atoms with Crippen LogP contribution in [0.25, 0.3) is 0 Å². The molecule has 0 aliphatic heterocycles. The molecule has 20 heavy (non-hydrogen) atoms. The van der Waals surface area contributed by atoms with Crippen LogP contribution in [0.2, 0.25) is 0 Å². The van der Waals surface area contributed by atoms with E-state index in [-0.39, 0.29) is 5.75 Å². The van der Waals surface area contributed by atoms with E-state index in [4.69, 9.17) is 4.74 Å². The number of hydrogen-bond donors (Lipinski definition) is 0. The van der Waals surface area contributed by atoms with Gasteiger partial charge in [0.1, 0.15) is 11.5 Å². The first kappa shape index (κ1) is 14.6. The van der Waals surface area contributed by atoms with Crippen molar-refractivity contribution < 1.29 is 22.6 Å². The summed E-state index contributed by atoms with van der Waals surface area (Å²) < 4.78 is 45.9. The van der Waals surface area contributed by atoms with Crippen molar-refractivity contribution in [2.24, 2.45) is 0 Å². The number of benzene rings is 1. The third kappa shape index (κ3) is 4.12. The lowest BCUT2D eigenvalue weighted by molar-refractivity contribution is -0.274. The number of ether oxygens (including phenoxy) is 2. The fraction of sp³-hybridized carbons (Fsp3) is 0.154. The number of rotatable bonds is 3. The highest BCUT2D eigenvalue weighted by Gasteiger charge is 2.30. The molecule has 0 spiro atoms. The Kier molecular flexibility index (Phi) is 4.17. The van der Waals surface area contributed by atoms with E-state index in [0.29, 0.717) is 16.1 Å². The van der Waals surface area contributed by atoms with E-state index in [9.17, 15) is 13.2 Å². The second-order valence-corrected chi connectivity index (χ2v) is 4.78. The SMILES string of the molecule is Cc1cnc(Oc2ccc(OC(F)(F)F)cc2)c(Br)c1. The Morgan fingerprint density at radius 2 is 1.70 bits per heavy atom. The molecule has 0 amide bonds. The summed E-state index contributed by atoms with van der Waals surface area (Å²) in [5.74, 6) is 0.387. The summed E-state index contributed by atoms with van der Waals surface area (Å²) in [6.07, 6.45) is -3.08. The van der Waals surface area contributed by atoms with E-state index >= 15 is 0 Å². The van der Waals surface area contributed by atoms with Crippen molar-refractivity contribution in [1.29, 1.82) is 0 Å². The topological polar surface area (TPSA) is 31.4 Å². The minimum Gasteiger partial charge on any atom is -0.438 e. The van der Waals surface area contributed by atoms with Crippen molar-refractivity contribution >= 4 is 15.9 Å². The minimum atomic E-state index is -4.70. The first-order chi connectivity index (χ1) is 9.33. The molecule has 7 heteroatoms. The smallest absolute Gasteiger partial charge is 0.438 e. The number of aromatic nitrogens is 1. The maximum absolute atomic E-state index is 12.0. The van der Waals surface area contributed by atoms with Crippen LogP contribution in [-0.4, -0.2) is 11.3 Å². The average molecular weight is 348 g/mol. The van der Waals surface area contributed by atoms with Gasteiger partial charge in [-0.25, -0.2) is 4.98 Å². The molecule has 0 aliphatic rings. The first-order valence-corrected chi connectivity index (χ1v) is 6.28. The van der Waals surface area contributed by atoms with E-state index in [1.165, 1.54) is 24.3 Å². The number of hydrogen-bond acceptors (Lipinski definition) is 3. The molecule has 106 valence electrons. The summed E-state index contributed by atoms with van der Waals surface area (Å²) in [5, 5.41) is 0. The molecule has 1 aromatic heterocycles. The molecule has 0 unspecified atom stereocenters. The van der Waals surface area contributed by atoms with Gasteiger partial charge in [0, 0.05) is 6.20 Å². The van der Waals surface area contributed by atoms with E-state index in [2.05, 4.69) is 25.7 Å². The molecule has 0 atom stereocenters. The molecule has 0 aliphatic carbocycles. The van der Waals surface area contributed by atoms with Gasteiger partial charge < -0.3 is 9.47 Å². The third-order valence-electron chi connectivity index (χ3n) is 2.22. The van der Waals surface area contributed by atoms with Crippen molar-refractivity contribution in [1.82, 2.24) is 4.98 Å². The fourth-order valence-electron chi connectivity index (χ4n) is 1.42. The molecule has 0 saturated carbocycles. The van der Waals surface area contributed by atoms with Crippen LogP contribution in [0.3, 0.4) is 0 Å². The molecular formula is C13H9BrF3NO2. The lowest BCUT2D eigenvalue weighted by Crippen LogP contribution is -2.16. The first-order valence-electron chi connectivity index (χ1n) is 5.49. The second kappa shape index (κ2) is 5.70. The number of nitrogens with zero attached hydrogens (tertiary/aromatic N) is 1. The Labute approximate surface area is 121 Å². The van der Waals surface area contributed by atoms with Crippen LogP contribution >= 0.6 is 15.9 Å². The molecule has 1 heterocycles. The molecule has 0 radical (unpaired) electrons. The van der Waals surface area contributed by atoms with Crippen molar-refractivity contribution in [2.75, 3.05) is 0 Å². The van der Waals surface area contributed by atoms with E-state index < -0.39 is 6.36 Å². The second-order valence-electron chi connectivity index (χ2n) is 3.92. The van der Waals surface area contributed by atoms with Gasteiger partial charge in [-0.3, -0.25) is 0 Å². The van der Waals surface area contributed by atoms with Gasteiger partial charge in [-0.15, -0.1) is 13.2 Å². The molecule has 0 N–H and O–H groups in total.